The number of benzene rings is 1. The minimum Gasteiger partial charge on any atom is -0.376 e. The highest BCUT2D eigenvalue weighted by Crippen LogP contribution is 2.25. The summed E-state index contributed by atoms with van der Waals surface area (Å²) in [5, 5.41) is 2.93. The van der Waals surface area contributed by atoms with Gasteiger partial charge in [0.2, 0.25) is 5.91 Å². The molecule has 120 valence electrons. The summed E-state index contributed by atoms with van der Waals surface area (Å²) in [6.07, 6.45) is -0.238. The van der Waals surface area contributed by atoms with Crippen LogP contribution in [-0.4, -0.2) is 33.3 Å². The van der Waals surface area contributed by atoms with Gasteiger partial charge in [-0.05, 0) is 18.2 Å². The summed E-state index contributed by atoms with van der Waals surface area (Å²) in [5.41, 5.74) is 11.5. The minimum absolute atomic E-state index is 0.154. The summed E-state index contributed by atoms with van der Waals surface area (Å²) in [4.78, 5) is 10.6. The molecule has 0 fully saturated rings. The molecule has 0 saturated heterocycles. The number of methoxy groups -OCH3 is 1. The first-order chi connectivity index (χ1) is 10.1. The van der Waals surface area contributed by atoms with Gasteiger partial charge in [0.15, 0.2) is 0 Å². The molecule has 0 aliphatic carbocycles. The zero-order valence-electron chi connectivity index (χ0n) is 12.9. The standard InChI is InChI=1S/C14H21FN2O2.CH5N/c1-10(7-15)14(19-2)12-5-3-11(4-6-12)8-17-9-13(16)18;1-2/h3-6,10,14,17H,7-9H2,1-2H3,(H2,16,18);2H2,1H3. The van der Waals surface area contributed by atoms with Crippen LogP contribution in [0.3, 0.4) is 0 Å². The topological polar surface area (TPSA) is 90.4 Å². The number of rotatable bonds is 8. The molecule has 2 atom stereocenters. The second kappa shape index (κ2) is 11.2. The van der Waals surface area contributed by atoms with Crippen LogP contribution in [0.5, 0.6) is 0 Å². The lowest BCUT2D eigenvalue weighted by Gasteiger charge is -2.20. The van der Waals surface area contributed by atoms with Crippen molar-refractivity contribution in [2.75, 3.05) is 27.4 Å². The van der Waals surface area contributed by atoms with Gasteiger partial charge in [-0.3, -0.25) is 9.18 Å². The summed E-state index contributed by atoms with van der Waals surface area (Å²) >= 11 is 0. The largest absolute Gasteiger partial charge is 0.376 e. The molecule has 5 nitrogen and oxygen atoms in total. The van der Waals surface area contributed by atoms with Gasteiger partial charge in [-0.15, -0.1) is 0 Å². The molecule has 1 amide bonds. The normalized spacial score (nSPS) is 13.0. The molecular weight excluding hydrogens is 273 g/mol. The number of hydrogen-bond acceptors (Lipinski definition) is 4. The van der Waals surface area contributed by atoms with E-state index in [1.165, 1.54) is 7.05 Å². The molecule has 0 aromatic heterocycles. The number of primary amides is 1. The Morgan fingerprint density at radius 3 is 2.33 bits per heavy atom. The fourth-order valence-electron chi connectivity index (χ4n) is 1.93. The van der Waals surface area contributed by atoms with Crippen molar-refractivity contribution in [3.05, 3.63) is 35.4 Å². The van der Waals surface area contributed by atoms with E-state index in [0.717, 1.165) is 11.1 Å². The van der Waals surface area contributed by atoms with Crippen molar-refractivity contribution in [3.8, 4) is 0 Å². The third-order valence-electron chi connectivity index (χ3n) is 2.95. The highest BCUT2D eigenvalue weighted by Gasteiger charge is 2.18. The Bertz CT molecular complexity index is 398. The summed E-state index contributed by atoms with van der Waals surface area (Å²) in [7, 11) is 3.08. The van der Waals surface area contributed by atoms with Gasteiger partial charge in [-0.25, -0.2) is 0 Å². The number of ether oxygens (including phenoxy) is 1. The molecule has 21 heavy (non-hydrogen) atoms. The fourth-order valence-corrected chi connectivity index (χ4v) is 1.93. The lowest BCUT2D eigenvalue weighted by Crippen LogP contribution is -2.28. The lowest BCUT2D eigenvalue weighted by molar-refractivity contribution is -0.117. The van der Waals surface area contributed by atoms with E-state index in [-0.39, 0.29) is 24.5 Å². The molecule has 0 aliphatic rings. The quantitative estimate of drug-likeness (QED) is 0.671. The summed E-state index contributed by atoms with van der Waals surface area (Å²) in [6.45, 7) is 2.12. The Morgan fingerprint density at radius 2 is 1.90 bits per heavy atom. The Hall–Kier alpha value is -1.50. The number of carbonyl (C=O) groups is 1. The number of hydrogen-bond donors (Lipinski definition) is 3. The van der Waals surface area contributed by atoms with Crippen LogP contribution in [0.25, 0.3) is 0 Å². The highest BCUT2D eigenvalue weighted by molar-refractivity contribution is 5.75. The Morgan fingerprint density at radius 1 is 1.33 bits per heavy atom. The first-order valence-corrected chi connectivity index (χ1v) is 6.82. The SMILES string of the molecule is CN.COC(c1ccc(CNCC(N)=O)cc1)C(C)CF. The Labute approximate surface area is 125 Å². The number of carbonyl (C=O) groups excluding carboxylic acids is 1. The average molecular weight is 299 g/mol. The zero-order chi connectivity index (χ0) is 16.3. The van der Waals surface area contributed by atoms with E-state index in [0.29, 0.717) is 6.54 Å². The highest BCUT2D eigenvalue weighted by atomic mass is 19.1. The predicted octanol–water partition coefficient (Wildman–Crippen LogP) is 1.13. The van der Waals surface area contributed by atoms with Crippen molar-refractivity contribution >= 4 is 5.91 Å². The Balaban J connectivity index is 0.00000191. The number of halogens is 1. The molecule has 0 heterocycles. The summed E-state index contributed by atoms with van der Waals surface area (Å²) in [6, 6.07) is 7.70. The van der Waals surface area contributed by atoms with Gasteiger partial charge in [0, 0.05) is 19.6 Å². The van der Waals surface area contributed by atoms with Gasteiger partial charge in [0.05, 0.1) is 19.3 Å². The molecule has 0 bridgehead atoms. The minimum atomic E-state index is -0.416. The van der Waals surface area contributed by atoms with Crippen LogP contribution in [0.1, 0.15) is 24.2 Å². The van der Waals surface area contributed by atoms with E-state index in [9.17, 15) is 9.18 Å². The maximum absolute atomic E-state index is 12.7. The smallest absolute Gasteiger partial charge is 0.231 e. The van der Waals surface area contributed by atoms with Crippen LogP contribution in [0.2, 0.25) is 0 Å². The van der Waals surface area contributed by atoms with Crippen molar-refractivity contribution in [1.29, 1.82) is 0 Å². The van der Waals surface area contributed by atoms with Gasteiger partial charge < -0.3 is 21.5 Å². The number of alkyl halides is 1. The van der Waals surface area contributed by atoms with Crippen molar-refractivity contribution in [1.82, 2.24) is 5.32 Å². The predicted molar refractivity (Wildman–Crippen MR) is 82.3 cm³/mol. The first-order valence-electron chi connectivity index (χ1n) is 6.82. The third kappa shape index (κ3) is 7.17. The third-order valence-corrected chi connectivity index (χ3v) is 2.95. The number of nitrogens with two attached hydrogens (primary N) is 2. The van der Waals surface area contributed by atoms with Gasteiger partial charge in [-0.2, -0.15) is 0 Å². The molecule has 1 aromatic rings. The molecule has 2 unspecified atom stereocenters. The van der Waals surface area contributed by atoms with E-state index in [2.05, 4.69) is 11.1 Å². The second-order valence-electron chi connectivity index (χ2n) is 4.60. The van der Waals surface area contributed by atoms with Gasteiger partial charge in [-0.1, -0.05) is 31.2 Å². The van der Waals surface area contributed by atoms with E-state index >= 15 is 0 Å². The van der Waals surface area contributed by atoms with Crippen LogP contribution < -0.4 is 16.8 Å². The van der Waals surface area contributed by atoms with Crippen LogP contribution in [0.15, 0.2) is 24.3 Å². The van der Waals surface area contributed by atoms with Crippen molar-refractivity contribution < 1.29 is 13.9 Å². The summed E-state index contributed by atoms with van der Waals surface area (Å²) < 4.78 is 18.0. The molecule has 6 heteroatoms. The second-order valence-corrected chi connectivity index (χ2v) is 4.60. The van der Waals surface area contributed by atoms with Crippen molar-refractivity contribution in [2.45, 2.75) is 19.6 Å². The van der Waals surface area contributed by atoms with E-state index < -0.39 is 6.67 Å². The van der Waals surface area contributed by atoms with Crippen molar-refractivity contribution in [3.63, 3.8) is 0 Å². The fraction of sp³-hybridized carbons (Fsp3) is 0.533. The maximum Gasteiger partial charge on any atom is 0.231 e. The van der Waals surface area contributed by atoms with E-state index in [4.69, 9.17) is 10.5 Å². The van der Waals surface area contributed by atoms with Crippen LogP contribution in [-0.2, 0) is 16.1 Å². The molecule has 0 saturated carbocycles. The number of amides is 1. The average Bonchev–Trinajstić information content (AvgIpc) is 2.51. The number of nitrogens with one attached hydrogen (secondary N) is 1. The lowest BCUT2D eigenvalue weighted by atomic mass is 9.97. The molecular formula is C15H26FN3O2. The Kier molecular flexibility index (Phi) is 10.4. The van der Waals surface area contributed by atoms with E-state index in [1.54, 1.807) is 7.11 Å². The molecule has 1 rings (SSSR count). The first kappa shape index (κ1) is 19.5. The molecule has 1 aromatic carbocycles. The van der Waals surface area contributed by atoms with Crippen molar-refractivity contribution in [2.24, 2.45) is 17.4 Å². The van der Waals surface area contributed by atoms with Gasteiger partial charge in [0.25, 0.3) is 0 Å². The van der Waals surface area contributed by atoms with Gasteiger partial charge >= 0.3 is 0 Å². The summed E-state index contributed by atoms with van der Waals surface area (Å²) in [5.74, 6) is -0.559. The maximum atomic E-state index is 12.7. The van der Waals surface area contributed by atoms with Crippen LogP contribution in [0, 0.1) is 5.92 Å². The zero-order valence-corrected chi connectivity index (χ0v) is 12.9. The molecule has 5 N–H and O–H groups in total. The van der Waals surface area contributed by atoms with Crippen LogP contribution in [0.4, 0.5) is 4.39 Å². The molecule has 0 aliphatic heterocycles. The molecule has 0 spiro atoms. The molecule has 0 radical (unpaired) electrons. The van der Waals surface area contributed by atoms with Crippen LogP contribution >= 0.6 is 0 Å². The monoisotopic (exact) mass is 299 g/mol. The van der Waals surface area contributed by atoms with Gasteiger partial charge in [0.1, 0.15) is 0 Å². The van der Waals surface area contributed by atoms with E-state index in [1.807, 2.05) is 31.2 Å².